The molecule has 1 aliphatic carbocycles. The first kappa shape index (κ1) is 12.6. The molecular weight excluding hydrogens is 234 g/mol. The third kappa shape index (κ3) is 2.70. The Bertz CT molecular complexity index is 307. The summed E-state index contributed by atoms with van der Waals surface area (Å²) in [6.45, 7) is 6.73. The van der Waals surface area contributed by atoms with Crippen LogP contribution in [0, 0.1) is 5.92 Å². The average molecular weight is 263 g/mol. The second-order valence-electron chi connectivity index (χ2n) is 7.26. The van der Waals surface area contributed by atoms with Crippen molar-refractivity contribution in [3.8, 4) is 0 Å². The monoisotopic (exact) mass is 263 g/mol. The van der Waals surface area contributed by atoms with Crippen LogP contribution < -0.4 is 5.32 Å². The molecule has 0 bridgehead atoms. The maximum atomic E-state index is 3.80. The first-order valence-electron chi connectivity index (χ1n) is 8.61. The summed E-state index contributed by atoms with van der Waals surface area (Å²) >= 11 is 0. The molecule has 3 nitrogen and oxygen atoms in total. The lowest BCUT2D eigenvalue weighted by molar-refractivity contribution is 0.120. The van der Waals surface area contributed by atoms with Gasteiger partial charge in [0.05, 0.1) is 0 Å². The summed E-state index contributed by atoms with van der Waals surface area (Å²) in [5.74, 6) is 1.03. The third-order valence-corrected chi connectivity index (χ3v) is 5.96. The van der Waals surface area contributed by atoms with Crippen LogP contribution in [0.15, 0.2) is 0 Å². The summed E-state index contributed by atoms with van der Waals surface area (Å²) < 4.78 is 0. The Morgan fingerprint density at radius 1 is 0.737 bits per heavy atom. The second-order valence-corrected chi connectivity index (χ2v) is 7.26. The molecule has 4 fully saturated rings. The van der Waals surface area contributed by atoms with E-state index >= 15 is 0 Å². The Hall–Kier alpha value is -0.120. The van der Waals surface area contributed by atoms with Gasteiger partial charge >= 0.3 is 0 Å². The number of piperidine rings is 1. The summed E-state index contributed by atoms with van der Waals surface area (Å²) in [6, 6.07) is 2.63. The molecule has 2 unspecified atom stereocenters. The van der Waals surface area contributed by atoms with Crippen LogP contribution in [0.3, 0.4) is 0 Å². The van der Waals surface area contributed by atoms with E-state index in [1.165, 1.54) is 77.7 Å². The standard InChI is InChI=1S/C16H29N3/c1-2-15-16(7-11-18(15)8-1)19-9-5-14(6-10-19)17-12-13-3-4-13/h13-17H,1-12H2. The number of rotatable bonds is 4. The molecule has 0 radical (unpaired) electrons. The summed E-state index contributed by atoms with van der Waals surface area (Å²) in [5, 5.41) is 3.80. The largest absolute Gasteiger partial charge is 0.314 e. The molecule has 3 saturated heterocycles. The van der Waals surface area contributed by atoms with E-state index in [1.54, 1.807) is 0 Å². The van der Waals surface area contributed by atoms with Gasteiger partial charge < -0.3 is 5.32 Å². The molecule has 3 heteroatoms. The molecule has 19 heavy (non-hydrogen) atoms. The summed E-state index contributed by atoms with van der Waals surface area (Å²) in [6.07, 6.45) is 10.1. The molecule has 3 aliphatic heterocycles. The molecule has 1 N–H and O–H groups in total. The molecular formula is C16H29N3. The second kappa shape index (κ2) is 5.34. The molecule has 4 aliphatic rings. The molecule has 0 spiro atoms. The minimum absolute atomic E-state index is 0.818. The highest BCUT2D eigenvalue weighted by atomic mass is 15.3. The van der Waals surface area contributed by atoms with Gasteiger partial charge in [-0.25, -0.2) is 0 Å². The maximum Gasteiger partial charge on any atom is 0.0263 e. The van der Waals surface area contributed by atoms with Crippen molar-refractivity contribution in [2.24, 2.45) is 5.92 Å². The van der Waals surface area contributed by atoms with E-state index in [0.29, 0.717) is 0 Å². The lowest BCUT2D eigenvalue weighted by atomic mass is 9.98. The quantitative estimate of drug-likeness (QED) is 0.833. The highest BCUT2D eigenvalue weighted by Crippen LogP contribution is 2.33. The molecule has 1 saturated carbocycles. The van der Waals surface area contributed by atoms with Crippen molar-refractivity contribution in [2.75, 3.05) is 32.7 Å². The predicted molar refractivity (Wildman–Crippen MR) is 78.3 cm³/mol. The van der Waals surface area contributed by atoms with Crippen molar-refractivity contribution in [3.05, 3.63) is 0 Å². The smallest absolute Gasteiger partial charge is 0.0263 e. The van der Waals surface area contributed by atoms with Crippen LogP contribution in [0.2, 0.25) is 0 Å². The fourth-order valence-electron chi connectivity index (χ4n) is 4.57. The topological polar surface area (TPSA) is 18.5 Å². The van der Waals surface area contributed by atoms with Gasteiger partial charge in [0.25, 0.3) is 0 Å². The molecule has 2 atom stereocenters. The predicted octanol–water partition coefficient (Wildman–Crippen LogP) is 1.69. The zero-order chi connectivity index (χ0) is 12.7. The Morgan fingerprint density at radius 2 is 1.42 bits per heavy atom. The van der Waals surface area contributed by atoms with Crippen LogP contribution in [0.1, 0.15) is 44.9 Å². The Labute approximate surface area is 117 Å². The van der Waals surface area contributed by atoms with Gasteiger partial charge in [-0.3, -0.25) is 9.80 Å². The van der Waals surface area contributed by atoms with E-state index in [9.17, 15) is 0 Å². The fraction of sp³-hybridized carbons (Fsp3) is 1.00. The van der Waals surface area contributed by atoms with E-state index in [1.807, 2.05) is 0 Å². The van der Waals surface area contributed by atoms with E-state index in [0.717, 1.165) is 24.0 Å². The van der Waals surface area contributed by atoms with Crippen molar-refractivity contribution in [1.29, 1.82) is 0 Å². The highest BCUT2D eigenvalue weighted by Gasteiger charge is 2.40. The fourth-order valence-corrected chi connectivity index (χ4v) is 4.57. The zero-order valence-electron chi connectivity index (χ0n) is 12.2. The third-order valence-electron chi connectivity index (χ3n) is 5.96. The van der Waals surface area contributed by atoms with Crippen molar-refractivity contribution in [3.63, 3.8) is 0 Å². The molecule has 0 aromatic rings. The normalized spacial score (nSPS) is 37.9. The van der Waals surface area contributed by atoms with Gasteiger partial charge in [-0.1, -0.05) is 0 Å². The Balaban J connectivity index is 1.25. The molecule has 0 aromatic carbocycles. The van der Waals surface area contributed by atoms with E-state index in [-0.39, 0.29) is 0 Å². The van der Waals surface area contributed by atoms with E-state index < -0.39 is 0 Å². The Morgan fingerprint density at radius 3 is 2.21 bits per heavy atom. The molecule has 0 amide bonds. The van der Waals surface area contributed by atoms with Crippen molar-refractivity contribution >= 4 is 0 Å². The summed E-state index contributed by atoms with van der Waals surface area (Å²) in [7, 11) is 0. The van der Waals surface area contributed by atoms with E-state index in [4.69, 9.17) is 0 Å². The first-order chi connectivity index (χ1) is 9.40. The minimum Gasteiger partial charge on any atom is -0.314 e. The number of hydrogen-bond donors (Lipinski definition) is 1. The molecule has 108 valence electrons. The lowest BCUT2D eigenvalue weighted by Gasteiger charge is -2.38. The van der Waals surface area contributed by atoms with Gasteiger partial charge in [-0.05, 0) is 77.0 Å². The average Bonchev–Trinajstić information content (AvgIpc) is 3.00. The molecule has 0 aromatic heterocycles. The SMILES string of the molecule is C1CC2C(N3CCC(NCC4CC4)CC3)CCN2C1. The van der Waals surface area contributed by atoms with Gasteiger partial charge in [0.2, 0.25) is 0 Å². The van der Waals surface area contributed by atoms with Crippen LogP contribution in [0.25, 0.3) is 0 Å². The first-order valence-corrected chi connectivity index (χ1v) is 8.61. The van der Waals surface area contributed by atoms with Crippen LogP contribution in [-0.4, -0.2) is 60.6 Å². The lowest BCUT2D eigenvalue weighted by Crippen LogP contribution is -2.50. The van der Waals surface area contributed by atoms with Gasteiger partial charge in [0, 0.05) is 24.7 Å². The van der Waals surface area contributed by atoms with Crippen LogP contribution in [0.4, 0.5) is 0 Å². The zero-order valence-corrected chi connectivity index (χ0v) is 12.2. The number of nitrogens with one attached hydrogen (secondary N) is 1. The summed E-state index contributed by atoms with van der Waals surface area (Å²) in [4.78, 5) is 5.58. The Kier molecular flexibility index (Phi) is 3.55. The maximum absolute atomic E-state index is 3.80. The number of likely N-dealkylation sites (tertiary alicyclic amines) is 1. The van der Waals surface area contributed by atoms with Crippen molar-refractivity contribution in [1.82, 2.24) is 15.1 Å². The number of fused-ring (bicyclic) bond motifs is 1. The van der Waals surface area contributed by atoms with Gasteiger partial charge in [0.15, 0.2) is 0 Å². The number of nitrogens with zero attached hydrogens (tertiary/aromatic N) is 2. The van der Waals surface area contributed by atoms with E-state index in [2.05, 4.69) is 15.1 Å². The van der Waals surface area contributed by atoms with Gasteiger partial charge in [-0.2, -0.15) is 0 Å². The van der Waals surface area contributed by atoms with Crippen molar-refractivity contribution in [2.45, 2.75) is 63.1 Å². The van der Waals surface area contributed by atoms with Gasteiger partial charge in [-0.15, -0.1) is 0 Å². The van der Waals surface area contributed by atoms with Crippen LogP contribution >= 0.6 is 0 Å². The molecule has 4 rings (SSSR count). The van der Waals surface area contributed by atoms with Gasteiger partial charge in [0.1, 0.15) is 0 Å². The highest BCUT2D eigenvalue weighted by molar-refractivity contribution is 4.98. The summed E-state index contributed by atoms with van der Waals surface area (Å²) in [5.41, 5.74) is 0. The molecule has 3 heterocycles. The van der Waals surface area contributed by atoms with Crippen molar-refractivity contribution < 1.29 is 0 Å². The minimum atomic E-state index is 0.818. The van der Waals surface area contributed by atoms with Crippen LogP contribution in [-0.2, 0) is 0 Å². The van der Waals surface area contributed by atoms with Crippen LogP contribution in [0.5, 0.6) is 0 Å². The number of hydrogen-bond acceptors (Lipinski definition) is 3.